The summed E-state index contributed by atoms with van der Waals surface area (Å²) < 4.78 is 35.8. The van der Waals surface area contributed by atoms with E-state index < -0.39 is 52.2 Å². The van der Waals surface area contributed by atoms with Crippen LogP contribution in [-0.4, -0.2) is 92.6 Å². The van der Waals surface area contributed by atoms with E-state index in [1.54, 1.807) is 0 Å². The number of aliphatic hydroxyl groups is 1. The van der Waals surface area contributed by atoms with Gasteiger partial charge < -0.3 is 25.8 Å². The molecular weight excluding hydrogens is 659 g/mol. The van der Waals surface area contributed by atoms with Gasteiger partial charge in [-0.05, 0) is 49.5 Å². The number of hydrogen-bond acceptors (Lipinski definition) is 7. The van der Waals surface area contributed by atoms with Crippen LogP contribution in [0.5, 0.6) is 0 Å². The van der Waals surface area contributed by atoms with E-state index in [9.17, 15) is 27.9 Å². The van der Waals surface area contributed by atoms with Gasteiger partial charge in [-0.3, -0.25) is 14.4 Å². The summed E-state index contributed by atoms with van der Waals surface area (Å²) >= 11 is 0. The molecule has 282 valence electrons. The Bertz CT molecular complexity index is 1300. The molecule has 1 saturated carbocycles. The SMILES string of the molecule is C=CCC(NC(=O)C(Cc1ccccc1)NS(=O)(=O)N1CCOCC1)C(=O)NC(CC1CCCCC1)C(O)CC(C(=O)NCCCC)C(C)C. The van der Waals surface area contributed by atoms with Crippen molar-refractivity contribution in [2.75, 3.05) is 32.8 Å². The summed E-state index contributed by atoms with van der Waals surface area (Å²) in [6, 6.07) is 6.17. The highest BCUT2D eigenvalue weighted by molar-refractivity contribution is 7.87. The number of benzene rings is 1. The Morgan fingerprint density at radius 2 is 1.66 bits per heavy atom. The molecule has 3 rings (SSSR count). The molecule has 5 N–H and O–H groups in total. The molecule has 0 bridgehead atoms. The quantitative estimate of drug-likeness (QED) is 0.0962. The van der Waals surface area contributed by atoms with Crippen molar-refractivity contribution in [3.8, 4) is 0 Å². The summed E-state index contributed by atoms with van der Waals surface area (Å²) in [6.07, 6.45) is 8.62. The van der Waals surface area contributed by atoms with Crippen LogP contribution in [0.3, 0.4) is 0 Å². The highest BCUT2D eigenvalue weighted by atomic mass is 32.2. The zero-order valence-electron chi connectivity index (χ0n) is 30.3. The Labute approximate surface area is 299 Å². The third kappa shape index (κ3) is 13.7. The molecule has 1 heterocycles. The summed E-state index contributed by atoms with van der Waals surface area (Å²) in [4.78, 5) is 40.9. The highest BCUT2D eigenvalue weighted by Gasteiger charge is 2.35. The molecule has 0 spiro atoms. The molecule has 2 fully saturated rings. The van der Waals surface area contributed by atoms with Gasteiger partial charge in [0.05, 0.1) is 25.4 Å². The number of rotatable bonds is 21. The molecule has 1 aliphatic heterocycles. The number of hydrogen-bond donors (Lipinski definition) is 5. The Morgan fingerprint density at radius 1 is 1.00 bits per heavy atom. The van der Waals surface area contributed by atoms with Crippen LogP contribution in [0.4, 0.5) is 0 Å². The number of unbranched alkanes of at least 4 members (excludes halogenated alkanes) is 1. The van der Waals surface area contributed by atoms with Crippen LogP contribution in [0.1, 0.15) is 90.5 Å². The number of aliphatic hydroxyl groups excluding tert-OH is 1. The minimum absolute atomic E-state index is 0.0205. The van der Waals surface area contributed by atoms with Gasteiger partial charge in [0, 0.05) is 25.6 Å². The molecule has 50 heavy (non-hydrogen) atoms. The van der Waals surface area contributed by atoms with Crippen molar-refractivity contribution in [2.24, 2.45) is 17.8 Å². The zero-order chi connectivity index (χ0) is 36.5. The van der Waals surface area contributed by atoms with Crippen LogP contribution < -0.4 is 20.7 Å². The monoisotopic (exact) mass is 719 g/mol. The molecule has 12 nitrogen and oxygen atoms in total. The molecule has 3 amide bonds. The molecular formula is C37H61N5O7S. The second kappa shape index (κ2) is 21.5. The molecule has 0 aromatic heterocycles. The van der Waals surface area contributed by atoms with Crippen LogP contribution in [0.15, 0.2) is 43.0 Å². The van der Waals surface area contributed by atoms with Crippen LogP contribution in [0.25, 0.3) is 0 Å². The maximum Gasteiger partial charge on any atom is 0.280 e. The maximum atomic E-state index is 13.9. The average Bonchev–Trinajstić information content (AvgIpc) is 3.10. The third-order valence-corrected chi connectivity index (χ3v) is 11.4. The summed E-state index contributed by atoms with van der Waals surface area (Å²) in [6.45, 7) is 11.2. The van der Waals surface area contributed by atoms with Gasteiger partial charge in [0.25, 0.3) is 10.2 Å². The summed E-state index contributed by atoms with van der Waals surface area (Å²) in [5, 5.41) is 20.4. The van der Waals surface area contributed by atoms with E-state index in [1.165, 1.54) is 10.4 Å². The number of nitrogens with one attached hydrogen (secondary N) is 4. The first kappa shape index (κ1) is 41.6. The molecule has 5 atom stereocenters. The van der Waals surface area contributed by atoms with Gasteiger partial charge in [-0.2, -0.15) is 17.4 Å². The van der Waals surface area contributed by atoms with Crippen LogP contribution in [0.2, 0.25) is 0 Å². The van der Waals surface area contributed by atoms with Gasteiger partial charge >= 0.3 is 0 Å². The van der Waals surface area contributed by atoms with Crippen molar-refractivity contribution < 1.29 is 32.6 Å². The Kier molecular flexibility index (Phi) is 17.9. The van der Waals surface area contributed by atoms with Crippen molar-refractivity contribution in [1.29, 1.82) is 0 Å². The Balaban J connectivity index is 1.80. The van der Waals surface area contributed by atoms with Gasteiger partial charge in [-0.15, -0.1) is 6.58 Å². The van der Waals surface area contributed by atoms with E-state index in [4.69, 9.17) is 4.74 Å². The molecule has 1 aliphatic carbocycles. The average molecular weight is 720 g/mol. The predicted octanol–water partition coefficient (Wildman–Crippen LogP) is 3.22. The topological polar surface area (TPSA) is 166 Å². The molecule has 1 saturated heterocycles. The second-order valence-corrected chi connectivity index (χ2v) is 15.8. The zero-order valence-corrected chi connectivity index (χ0v) is 31.1. The molecule has 5 unspecified atom stereocenters. The largest absolute Gasteiger partial charge is 0.391 e. The van der Waals surface area contributed by atoms with Crippen molar-refractivity contribution in [3.63, 3.8) is 0 Å². The highest BCUT2D eigenvalue weighted by Crippen LogP contribution is 2.30. The Morgan fingerprint density at radius 3 is 2.28 bits per heavy atom. The minimum Gasteiger partial charge on any atom is -0.391 e. The summed E-state index contributed by atoms with van der Waals surface area (Å²) in [5.74, 6) is -1.39. The maximum absolute atomic E-state index is 13.9. The third-order valence-electron chi connectivity index (χ3n) is 9.81. The lowest BCUT2D eigenvalue weighted by atomic mass is 9.81. The predicted molar refractivity (Wildman–Crippen MR) is 195 cm³/mol. The number of morpholine rings is 1. The number of carbonyl (C=O) groups is 3. The molecule has 0 radical (unpaired) electrons. The first-order chi connectivity index (χ1) is 23.9. The molecule has 1 aromatic carbocycles. The first-order valence-electron chi connectivity index (χ1n) is 18.5. The number of carbonyl (C=O) groups excluding carboxylic acids is 3. The van der Waals surface area contributed by atoms with E-state index >= 15 is 0 Å². The van der Waals surface area contributed by atoms with E-state index in [0.717, 1.165) is 50.5 Å². The van der Waals surface area contributed by atoms with Crippen molar-refractivity contribution >= 4 is 27.9 Å². The number of amides is 3. The van der Waals surface area contributed by atoms with Crippen LogP contribution in [-0.2, 0) is 35.8 Å². The standard InChI is InChI=1S/C37H61N5O7S/c1-5-7-19-38-35(44)30(27(3)4)26-34(43)32(24-28-15-10-8-11-16-28)40-36(45)31(14-6-2)39-37(46)33(25-29-17-12-9-13-18-29)41-50(47,48)42-20-22-49-23-21-42/h6,9,12-13,17-18,27-28,30-34,41,43H,2,5,7-8,10-11,14-16,19-26H2,1,3-4H3,(H,38,44)(H,39,46)(H,40,45). The van der Waals surface area contributed by atoms with Gasteiger partial charge in [0.15, 0.2) is 0 Å². The summed E-state index contributed by atoms with van der Waals surface area (Å²) in [5.41, 5.74) is 0.746. The van der Waals surface area contributed by atoms with Crippen molar-refractivity contribution in [2.45, 2.75) is 116 Å². The Hall–Kier alpha value is -2.84. The molecule has 2 aliphatic rings. The van der Waals surface area contributed by atoms with Gasteiger partial charge in [0.1, 0.15) is 12.1 Å². The molecule has 13 heteroatoms. The van der Waals surface area contributed by atoms with Crippen molar-refractivity contribution in [3.05, 3.63) is 48.6 Å². The van der Waals surface area contributed by atoms with Crippen molar-refractivity contribution in [1.82, 2.24) is 25.0 Å². The van der Waals surface area contributed by atoms with Gasteiger partial charge in [0.2, 0.25) is 17.7 Å². The van der Waals surface area contributed by atoms with E-state index in [1.807, 2.05) is 44.2 Å². The van der Waals surface area contributed by atoms with E-state index in [-0.39, 0.29) is 57.4 Å². The van der Waals surface area contributed by atoms with E-state index in [2.05, 4.69) is 34.2 Å². The lowest BCUT2D eigenvalue weighted by Gasteiger charge is -2.33. The first-order valence-corrected chi connectivity index (χ1v) is 20.0. The molecule has 1 aromatic rings. The normalized spacial score (nSPS) is 19.1. The smallest absolute Gasteiger partial charge is 0.280 e. The van der Waals surface area contributed by atoms with Crippen LogP contribution in [0, 0.1) is 17.8 Å². The second-order valence-electron chi connectivity index (χ2n) is 14.1. The summed E-state index contributed by atoms with van der Waals surface area (Å²) in [7, 11) is -4.04. The minimum atomic E-state index is -4.04. The lowest BCUT2D eigenvalue weighted by molar-refractivity contribution is -0.131. The fraction of sp³-hybridized carbons (Fsp3) is 0.703. The van der Waals surface area contributed by atoms with E-state index in [0.29, 0.717) is 18.9 Å². The van der Waals surface area contributed by atoms with Gasteiger partial charge in [-0.1, -0.05) is 95.7 Å². The fourth-order valence-electron chi connectivity index (χ4n) is 6.75. The lowest BCUT2D eigenvalue weighted by Crippen LogP contribution is -2.58. The number of ether oxygens (including phenoxy) is 1. The fourth-order valence-corrected chi connectivity index (χ4v) is 8.08. The number of nitrogens with zero attached hydrogens (tertiary/aromatic N) is 1. The van der Waals surface area contributed by atoms with Crippen LogP contribution >= 0.6 is 0 Å². The van der Waals surface area contributed by atoms with Gasteiger partial charge in [-0.25, -0.2) is 0 Å².